The van der Waals surface area contributed by atoms with E-state index in [-0.39, 0.29) is 11.9 Å². The summed E-state index contributed by atoms with van der Waals surface area (Å²) < 4.78 is 12.9. The van der Waals surface area contributed by atoms with Gasteiger partial charge in [0.1, 0.15) is 23.7 Å². The third kappa shape index (κ3) is 2.83. The molecule has 128 valence electrons. The molecule has 1 aliphatic rings. The van der Waals surface area contributed by atoms with Crippen LogP contribution in [-0.2, 0) is 11.3 Å². The van der Waals surface area contributed by atoms with E-state index in [0.29, 0.717) is 31.1 Å². The van der Waals surface area contributed by atoms with E-state index >= 15 is 0 Å². The van der Waals surface area contributed by atoms with Gasteiger partial charge in [-0.1, -0.05) is 12.1 Å². The van der Waals surface area contributed by atoms with E-state index in [1.165, 1.54) is 0 Å². The van der Waals surface area contributed by atoms with Crippen molar-refractivity contribution in [1.29, 1.82) is 0 Å². The predicted octanol–water partition coefficient (Wildman–Crippen LogP) is 1.94. The highest BCUT2D eigenvalue weighted by Gasteiger charge is 2.25. The van der Waals surface area contributed by atoms with Crippen LogP contribution >= 0.6 is 0 Å². The van der Waals surface area contributed by atoms with Crippen LogP contribution in [0.2, 0.25) is 0 Å². The molecule has 3 aromatic rings. The number of ether oxygens (including phenoxy) is 2. The summed E-state index contributed by atoms with van der Waals surface area (Å²) >= 11 is 0. The Morgan fingerprint density at radius 2 is 2.24 bits per heavy atom. The Morgan fingerprint density at radius 3 is 3.12 bits per heavy atom. The van der Waals surface area contributed by atoms with Crippen molar-refractivity contribution in [3.05, 3.63) is 54.0 Å². The second kappa shape index (κ2) is 6.52. The maximum atomic E-state index is 12.5. The van der Waals surface area contributed by atoms with E-state index in [1.54, 1.807) is 25.4 Å². The predicted molar refractivity (Wildman–Crippen MR) is 91.5 cm³/mol. The molecule has 4 rings (SSSR count). The summed E-state index contributed by atoms with van der Waals surface area (Å²) in [5, 5.41) is 2.96. The number of hydrogen-bond donors (Lipinski definition) is 1. The molecule has 1 aliphatic heterocycles. The van der Waals surface area contributed by atoms with Crippen LogP contribution in [0.1, 0.15) is 22.2 Å². The fourth-order valence-corrected chi connectivity index (χ4v) is 3.11. The van der Waals surface area contributed by atoms with Gasteiger partial charge in [0, 0.05) is 12.7 Å². The molecule has 3 heterocycles. The summed E-state index contributed by atoms with van der Waals surface area (Å²) in [5.41, 5.74) is 2.16. The van der Waals surface area contributed by atoms with Gasteiger partial charge >= 0.3 is 0 Å². The topological polar surface area (TPSA) is 78.3 Å². The molecule has 1 atom stereocenters. The number of methoxy groups -OCH3 is 1. The first-order valence-electron chi connectivity index (χ1n) is 8.08. The van der Waals surface area contributed by atoms with Crippen molar-refractivity contribution in [2.24, 2.45) is 0 Å². The molecule has 1 aromatic carbocycles. The average molecular weight is 338 g/mol. The molecule has 0 radical (unpaired) electrons. The summed E-state index contributed by atoms with van der Waals surface area (Å²) in [4.78, 5) is 21.5. The third-order valence-electron chi connectivity index (χ3n) is 4.28. The van der Waals surface area contributed by atoms with Gasteiger partial charge in [0.05, 0.1) is 25.3 Å². The van der Waals surface area contributed by atoms with Gasteiger partial charge in [0.25, 0.3) is 5.91 Å². The monoisotopic (exact) mass is 338 g/mol. The van der Waals surface area contributed by atoms with Gasteiger partial charge in [0.15, 0.2) is 5.65 Å². The van der Waals surface area contributed by atoms with Crippen LogP contribution in [0.25, 0.3) is 11.2 Å². The van der Waals surface area contributed by atoms with Crippen LogP contribution in [0.4, 0.5) is 0 Å². The van der Waals surface area contributed by atoms with Crippen molar-refractivity contribution >= 4 is 17.1 Å². The minimum atomic E-state index is -0.179. The van der Waals surface area contributed by atoms with E-state index in [1.807, 2.05) is 24.3 Å². The largest absolute Gasteiger partial charge is 0.496 e. The molecule has 7 nitrogen and oxygen atoms in total. The molecule has 0 fully saturated rings. The van der Waals surface area contributed by atoms with Crippen LogP contribution in [-0.4, -0.2) is 40.7 Å². The lowest BCUT2D eigenvalue weighted by Gasteiger charge is -2.26. The molecule has 1 N–H and O–H groups in total. The summed E-state index contributed by atoms with van der Waals surface area (Å²) in [5.74, 6) is 1.20. The maximum Gasteiger partial charge on any atom is 0.255 e. The average Bonchev–Trinajstić information content (AvgIpc) is 3.05. The highest BCUT2D eigenvalue weighted by Crippen LogP contribution is 2.24. The van der Waals surface area contributed by atoms with Crippen LogP contribution < -0.4 is 10.1 Å². The minimum Gasteiger partial charge on any atom is -0.496 e. The molecule has 0 aliphatic carbocycles. The van der Waals surface area contributed by atoms with Crippen LogP contribution in [0.3, 0.4) is 0 Å². The lowest BCUT2D eigenvalue weighted by molar-refractivity contribution is 0.0550. The zero-order valence-corrected chi connectivity index (χ0v) is 13.8. The Labute approximate surface area is 144 Å². The molecule has 2 aromatic heterocycles. The fraction of sp³-hybridized carbons (Fsp3) is 0.278. The van der Waals surface area contributed by atoms with Crippen molar-refractivity contribution < 1.29 is 14.3 Å². The van der Waals surface area contributed by atoms with E-state index in [2.05, 4.69) is 19.9 Å². The Balaban J connectivity index is 1.56. The second-order valence-corrected chi connectivity index (χ2v) is 5.82. The van der Waals surface area contributed by atoms with Gasteiger partial charge in [-0.05, 0) is 24.3 Å². The smallest absolute Gasteiger partial charge is 0.255 e. The lowest BCUT2D eigenvalue weighted by atomic mass is 10.2. The second-order valence-electron chi connectivity index (χ2n) is 5.82. The normalized spacial score (nSPS) is 16.4. The molecule has 0 saturated carbocycles. The van der Waals surface area contributed by atoms with E-state index in [0.717, 1.165) is 17.0 Å². The van der Waals surface area contributed by atoms with E-state index < -0.39 is 0 Å². The number of carbonyl (C=O) groups is 1. The number of pyridine rings is 1. The standard InChI is InChI=1S/C18H18N4O3/c1-24-15-7-3-2-5-13(15)18(23)20-9-12-10-25-11-16-21-14-6-4-8-19-17(14)22(12)16/h2-8,12H,9-11H2,1H3,(H,20,23). The Morgan fingerprint density at radius 1 is 1.36 bits per heavy atom. The van der Waals surface area contributed by atoms with Crippen LogP contribution in [0.15, 0.2) is 42.6 Å². The molecular weight excluding hydrogens is 320 g/mol. The molecule has 7 heteroatoms. The Hall–Kier alpha value is -2.93. The number of carbonyl (C=O) groups excluding carboxylic acids is 1. The first kappa shape index (κ1) is 15.6. The number of aromatic nitrogens is 3. The molecule has 0 spiro atoms. The third-order valence-corrected chi connectivity index (χ3v) is 4.28. The number of imidazole rings is 1. The van der Waals surface area contributed by atoms with Gasteiger partial charge in [-0.3, -0.25) is 4.79 Å². The summed E-state index contributed by atoms with van der Waals surface area (Å²) in [6.45, 7) is 1.38. The minimum absolute atomic E-state index is 0.0534. The van der Waals surface area contributed by atoms with Gasteiger partial charge in [-0.15, -0.1) is 0 Å². The van der Waals surface area contributed by atoms with Crippen molar-refractivity contribution in [1.82, 2.24) is 19.9 Å². The highest BCUT2D eigenvalue weighted by molar-refractivity contribution is 5.96. The lowest BCUT2D eigenvalue weighted by Crippen LogP contribution is -2.36. The zero-order valence-electron chi connectivity index (χ0n) is 13.8. The number of nitrogens with zero attached hydrogens (tertiary/aromatic N) is 3. The zero-order chi connectivity index (χ0) is 17.2. The van der Waals surface area contributed by atoms with Gasteiger partial charge in [-0.2, -0.15) is 0 Å². The molecule has 0 saturated heterocycles. The number of benzene rings is 1. The van der Waals surface area contributed by atoms with Crippen LogP contribution in [0.5, 0.6) is 5.75 Å². The van der Waals surface area contributed by atoms with Crippen molar-refractivity contribution in [2.75, 3.05) is 20.3 Å². The molecule has 25 heavy (non-hydrogen) atoms. The van der Waals surface area contributed by atoms with Crippen molar-refractivity contribution in [2.45, 2.75) is 12.6 Å². The summed E-state index contributed by atoms with van der Waals surface area (Å²) in [7, 11) is 1.55. The number of para-hydroxylation sites is 1. The molecule has 1 unspecified atom stereocenters. The summed E-state index contributed by atoms with van der Waals surface area (Å²) in [6.07, 6.45) is 1.75. The Bertz CT molecular complexity index is 922. The van der Waals surface area contributed by atoms with Crippen LogP contribution in [0, 0.1) is 0 Å². The fourth-order valence-electron chi connectivity index (χ4n) is 3.11. The number of nitrogens with one attached hydrogen (secondary N) is 1. The van der Waals surface area contributed by atoms with Gasteiger partial charge < -0.3 is 19.4 Å². The maximum absolute atomic E-state index is 12.5. The number of hydrogen-bond acceptors (Lipinski definition) is 5. The van der Waals surface area contributed by atoms with Gasteiger partial charge in [-0.25, -0.2) is 9.97 Å². The SMILES string of the molecule is COc1ccccc1C(=O)NCC1COCc2nc3cccnc3n21. The first-order valence-corrected chi connectivity index (χ1v) is 8.08. The molecular formula is C18H18N4O3. The summed E-state index contributed by atoms with van der Waals surface area (Å²) in [6, 6.07) is 10.9. The van der Waals surface area contributed by atoms with E-state index in [9.17, 15) is 4.79 Å². The van der Waals surface area contributed by atoms with E-state index in [4.69, 9.17) is 9.47 Å². The quantitative estimate of drug-likeness (QED) is 0.786. The van der Waals surface area contributed by atoms with Crippen molar-refractivity contribution in [3.63, 3.8) is 0 Å². The number of amides is 1. The Kier molecular flexibility index (Phi) is 4.07. The van der Waals surface area contributed by atoms with Gasteiger partial charge in [0.2, 0.25) is 0 Å². The number of fused-ring (bicyclic) bond motifs is 3. The first-order chi connectivity index (χ1) is 12.3. The van der Waals surface area contributed by atoms with Crippen molar-refractivity contribution in [3.8, 4) is 5.75 Å². The molecule has 1 amide bonds. The highest BCUT2D eigenvalue weighted by atomic mass is 16.5. The molecule has 0 bridgehead atoms. The number of rotatable bonds is 4.